The third kappa shape index (κ3) is 2.91. The van der Waals surface area contributed by atoms with Crippen LogP contribution in [-0.2, 0) is 0 Å². The third-order valence-corrected chi connectivity index (χ3v) is 3.82. The quantitative estimate of drug-likeness (QED) is 0.649. The lowest BCUT2D eigenvalue weighted by atomic mass is 9.93. The highest BCUT2D eigenvalue weighted by Crippen LogP contribution is 2.20. The second-order valence-electron chi connectivity index (χ2n) is 4.92. The fourth-order valence-electron chi connectivity index (χ4n) is 2.65. The zero-order valence-corrected chi connectivity index (χ0v) is 9.78. The van der Waals surface area contributed by atoms with Gasteiger partial charge in [0.25, 0.3) is 0 Å². The summed E-state index contributed by atoms with van der Waals surface area (Å²) in [4.78, 5) is 4.85. The van der Waals surface area contributed by atoms with Crippen LogP contribution in [0.25, 0.3) is 0 Å². The molecule has 2 fully saturated rings. The van der Waals surface area contributed by atoms with E-state index in [2.05, 4.69) is 22.2 Å². The molecule has 0 aromatic carbocycles. The first-order valence-corrected chi connectivity index (χ1v) is 6.16. The Bertz CT molecular complexity index is 183. The van der Waals surface area contributed by atoms with E-state index in [1.807, 2.05) is 0 Å². The number of piperazine rings is 1. The van der Waals surface area contributed by atoms with Gasteiger partial charge in [-0.05, 0) is 38.9 Å². The van der Waals surface area contributed by atoms with Gasteiger partial charge < -0.3 is 16.0 Å². The van der Waals surface area contributed by atoms with E-state index in [0.717, 1.165) is 26.2 Å². The maximum absolute atomic E-state index is 6.35. The Morgan fingerprint density at radius 2 is 1.73 bits per heavy atom. The molecule has 1 atom stereocenters. The number of hydrogen-bond acceptors (Lipinski definition) is 4. The lowest BCUT2D eigenvalue weighted by molar-refractivity contribution is 0.0885. The van der Waals surface area contributed by atoms with E-state index >= 15 is 0 Å². The van der Waals surface area contributed by atoms with Crippen LogP contribution in [-0.4, -0.2) is 62.3 Å². The number of likely N-dealkylation sites (tertiary alicyclic amines) is 1. The van der Waals surface area contributed by atoms with E-state index in [4.69, 9.17) is 5.73 Å². The topological polar surface area (TPSA) is 44.5 Å². The average Bonchev–Trinajstić information content (AvgIpc) is 2.30. The number of rotatable bonds is 2. The van der Waals surface area contributed by atoms with Crippen molar-refractivity contribution in [1.29, 1.82) is 0 Å². The van der Waals surface area contributed by atoms with Crippen molar-refractivity contribution in [1.82, 2.24) is 15.1 Å². The first kappa shape index (κ1) is 11.3. The number of piperidine rings is 1. The van der Waals surface area contributed by atoms with E-state index in [9.17, 15) is 0 Å². The molecule has 2 heterocycles. The highest BCUT2D eigenvalue weighted by Gasteiger charge is 2.27. The van der Waals surface area contributed by atoms with Crippen molar-refractivity contribution in [2.45, 2.75) is 19.0 Å². The lowest BCUT2D eigenvalue weighted by Gasteiger charge is -2.40. The molecular weight excluding hydrogens is 188 g/mol. The first-order valence-electron chi connectivity index (χ1n) is 6.16. The maximum Gasteiger partial charge on any atom is 0.0602 e. The smallest absolute Gasteiger partial charge is 0.0602 e. The van der Waals surface area contributed by atoms with E-state index < -0.39 is 0 Å². The molecule has 4 nitrogen and oxygen atoms in total. The molecule has 0 amide bonds. The van der Waals surface area contributed by atoms with Gasteiger partial charge in [0.1, 0.15) is 0 Å². The van der Waals surface area contributed by atoms with E-state index in [-0.39, 0.29) is 0 Å². The minimum Gasteiger partial charge on any atom is -0.315 e. The molecule has 88 valence electrons. The van der Waals surface area contributed by atoms with Crippen molar-refractivity contribution in [2.75, 3.05) is 46.3 Å². The van der Waals surface area contributed by atoms with Crippen LogP contribution in [0.2, 0.25) is 0 Å². The summed E-state index contributed by atoms with van der Waals surface area (Å²) in [5.74, 6) is 0.708. The Kier molecular flexibility index (Phi) is 3.97. The zero-order valence-electron chi connectivity index (χ0n) is 9.78. The Morgan fingerprint density at radius 1 is 1.13 bits per heavy atom. The van der Waals surface area contributed by atoms with Crippen LogP contribution in [0, 0.1) is 5.92 Å². The summed E-state index contributed by atoms with van der Waals surface area (Å²) in [6, 6.07) is 0. The molecule has 0 spiro atoms. The van der Waals surface area contributed by atoms with Gasteiger partial charge in [0.05, 0.1) is 6.17 Å². The van der Waals surface area contributed by atoms with Crippen LogP contribution in [0.15, 0.2) is 0 Å². The van der Waals surface area contributed by atoms with E-state index in [1.165, 1.54) is 25.9 Å². The van der Waals surface area contributed by atoms with Crippen LogP contribution < -0.4 is 11.1 Å². The highest BCUT2D eigenvalue weighted by molar-refractivity contribution is 4.81. The standard InChI is InChI=1S/C11H24N4/c1-14-6-2-10(3-7-14)11(12)15-8-4-13-5-9-15/h10-11,13H,2-9,12H2,1H3. The van der Waals surface area contributed by atoms with Gasteiger partial charge in [0.15, 0.2) is 0 Å². The molecule has 0 aromatic rings. The Balaban J connectivity index is 1.81. The molecule has 4 heteroatoms. The lowest BCUT2D eigenvalue weighted by Crippen LogP contribution is -2.56. The largest absolute Gasteiger partial charge is 0.315 e. The molecule has 0 saturated carbocycles. The second kappa shape index (κ2) is 5.25. The van der Waals surface area contributed by atoms with E-state index in [1.54, 1.807) is 0 Å². The summed E-state index contributed by atoms with van der Waals surface area (Å²) >= 11 is 0. The van der Waals surface area contributed by atoms with Crippen molar-refractivity contribution in [3.63, 3.8) is 0 Å². The number of nitrogens with one attached hydrogen (secondary N) is 1. The van der Waals surface area contributed by atoms with Gasteiger partial charge in [-0.15, -0.1) is 0 Å². The van der Waals surface area contributed by atoms with Crippen LogP contribution >= 0.6 is 0 Å². The SMILES string of the molecule is CN1CCC(C(N)N2CCNCC2)CC1. The number of nitrogens with zero attached hydrogens (tertiary/aromatic N) is 2. The normalized spacial score (nSPS) is 29.2. The van der Waals surface area contributed by atoms with Gasteiger partial charge in [0.2, 0.25) is 0 Å². The fraction of sp³-hybridized carbons (Fsp3) is 1.00. The molecule has 0 radical (unpaired) electrons. The minimum absolute atomic E-state index is 0.292. The molecular formula is C11H24N4. The molecule has 2 aliphatic heterocycles. The molecule has 2 saturated heterocycles. The third-order valence-electron chi connectivity index (χ3n) is 3.82. The van der Waals surface area contributed by atoms with Crippen molar-refractivity contribution in [3.05, 3.63) is 0 Å². The molecule has 2 aliphatic rings. The van der Waals surface area contributed by atoms with Gasteiger partial charge in [-0.25, -0.2) is 0 Å². The van der Waals surface area contributed by atoms with Gasteiger partial charge >= 0.3 is 0 Å². The number of nitrogens with two attached hydrogens (primary N) is 1. The van der Waals surface area contributed by atoms with Crippen LogP contribution in [0.3, 0.4) is 0 Å². The summed E-state index contributed by atoms with van der Waals surface area (Å²) in [5.41, 5.74) is 6.35. The fourth-order valence-corrected chi connectivity index (χ4v) is 2.65. The Morgan fingerprint density at radius 3 is 2.33 bits per heavy atom. The van der Waals surface area contributed by atoms with Crippen molar-refractivity contribution in [2.24, 2.45) is 11.7 Å². The van der Waals surface area contributed by atoms with Gasteiger partial charge in [-0.2, -0.15) is 0 Å². The second-order valence-corrected chi connectivity index (χ2v) is 4.92. The van der Waals surface area contributed by atoms with Gasteiger partial charge in [-0.1, -0.05) is 0 Å². The van der Waals surface area contributed by atoms with Crippen LogP contribution in [0.4, 0.5) is 0 Å². The Labute approximate surface area is 92.8 Å². The summed E-state index contributed by atoms with van der Waals surface area (Å²) in [5, 5.41) is 3.37. The van der Waals surface area contributed by atoms with Crippen molar-refractivity contribution >= 4 is 0 Å². The molecule has 0 bridgehead atoms. The first-order chi connectivity index (χ1) is 7.27. The van der Waals surface area contributed by atoms with E-state index in [0.29, 0.717) is 12.1 Å². The average molecular weight is 212 g/mol. The summed E-state index contributed by atoms with van der Waals surface area (Å²) in [7, 11) is 2.20. The summed E-state index contributed by atoms with van der Waals surface area (Å²) < 4.78 is 0. The van der Waals surface area contributed by atoms with Crippen LogP contribution in [0.5, 0.6) is 0 Å². The molecule has 0 aromatic heterocycles. The molecule has 0 aliphatic carbocycles. The van der Waals surface area contributed by atoms with Crippen molar-refractivity contribution in [3.8, 4) is 0 Å². The minimum atomic E-state index is 0.292. The summed E-state index contributed by atoms with van der Waals surface area (Å²) in [6.07, 6.45) is 2.82. The molecule has 1 unspecified atom stereocenters. The summed E-state index contributed by atoms with van der Waals surface area (Å²) in [6.45, 7) is 6.86. The monoisotopic (exact) mass is 212 g/mol. The van der Waals surface area contributed by atoms with Gasteiger partial charge in [-0.3, -0.25) is 4.90 Å². The Hall–Kier alpha value is -0.160. The number of hydrogen-bond donors (Lipinski definition) is 2. The van der Waals surface area contributed by atoms with Gasteiger partial charge in [0, 0.05) is 26.2 Å². The maximum atomic E-state index is 6.35. The predicted octanol–water partition coefficient (Wildman–Crippen LogP) is -0.482. The molecule has 2 rings (SSSR count). The molecule has 3 N–H and O–H groups in total. The van der Waals surface area contributed by atoms with Crippen molar-refractivity contribution < 1.29 is 0 Å². The molecule has 15 heavy (non-hydrogen) atoms. The predicted molar refractivity (Wildman–Crippen MR) is 62.6 cm³/mol. The highest BCUT2D eigenvalue weighted by atomic mass is 15.3. The zero-order chi connectivity index (χ0) is 10.7. The van der Waals surface area contributed by atoms with Crippen LogP contribution in [0.1, 0.15) is 12.8 Å².